The van der Waals surface area contributed by atoms with Crippen molar-refractivity contribution in [2.24, 2.45) is 0 Å². The van der Waals surface area contributed by atoms with E-state index in [9.17, 15) is 4.79 Å². The molecule has 1 amide bonds. The number of fused-ring (bicyclic) bond motifs is 1. The Labute approximate surface area is 187 Å². The second-order valence-electron chi connectivity index (χ2n) is 7.42. The number of nitrogens with one attached hydrogen (secondary N) is 1. The fraction of sp³-hybridized carbons (Fsp3) is 0.154. The highest BCUT2D eigenvalue weighted by Gasteiger charge is 2.13. The molecule has 0 fully saturated rings. The summed E-state index contributed by atoms with van der Waals surface area (Å²) in [6.45, 7) is 4.52. The lowest BCUT2D eigenvalue weighted by Gasteiger charge is -2.08. The van der Waals surface area contributed by atoms with Crippen LogP contribution in [0.15, 0.2) is 72.8 Å². The highest BCUT2D eigenvalue weighted by atomic mass is 35.5. The van der Waals surface area contributed by atoms with Gasteiger partial charge in [-0.2, -0.15) is 5.10 Å². The minimum Gasteiger partial charge on any atom is -0.322 e. The number of aryl methyl sites for hydroxylation is 2. The summed E-state index contributed by atoms with van der Waals surface area (Å²) in [5, 5.41) is 10.4. The third kappa shape index (κ3) is 4.54. The Kier molecular flexibility index (Phi) is 6.19. The molecule has 5 heteroatoms. The molecular formula is C26H24ClN3O. The Hall–Kier alpha value is -3.37. The number of hydrogen-bond acceptors (Lipinski definition) is 2. The fourth-order valence-corrected chi connectivity index (χ4v) is 4.03. The quantitative estimate of drug-likeness (QED) is 0.367. The van der Waals surface area contributed by atoms with Crippen LogP contribution in [-0.2, 0) is 17.8 Å². The van der Waals surface area contributed by atoms with Crippen LogP contribution in [0.5, 0.6) is 0 Å². The van der Waals surface area contributed by atoms with Gasteiger partial charge in [0.2, 0.25) is 5.91 Å². The molecule has 3 aromatic carbocycles. The molecule has 4 nitrogen and oxygen atoms in total. The maximum Gasteiger partial charge on any atom is 0.248 e. The molecule has 0 unspecified atom stereocenters. The van der Waals surface area contributed by atoms with Crippen LogP contribution in [0.3, 0.4) is 0 Å². The predicted molar refractivity (Wildman–Crippen MR) is 129 cm³/mol. The monoisotopic (exact) mass is 429 g/mol. The molecule has 0 bridgehead atoms. The number of aromatic nitrogens is 2. The van der Waals surface area contributed by atoms with Gasteiger partial charge < -0.3 is 5.32 Å². The second-order valence-corrected chi connectivity index (χ2v) is 7.78. The summed E-state index contributed by atoms with van der Waals surface area (Å²) in [5.41, 5.74) is 4.60. The number of carbonyl (C=O) groups excluding carboxylic acids is 1. The molecule has 0 saturated heterocycles. The summed E-state index contributed by atoms with van der Waals surface area (Å²) in [4.78, 5) is 12.5. The van der Waals surface area contributed by atoms with Crippen LogP contribution < -0.4 is 5.32 Å². The molecule has 0 atom stereocenters. The topological polar surface area (TPSA) is 46.9 Å². The highest BCUT2D eigenvalue weighted by Crippen LogP contribution is 2.25. The Morgan fingerprint density at radius 3 is 2.58 bits per heavy atom. The molecule has 4 rings (SSSR count). The van der Waals surface area contributed by atoms with Gasteiger partial charge in [0.1, 0.15) is 5.15 Å². The number of para-hydroxylation sites is 1. The number of halogens is 1. The summed E-state index contributed by atoms with van der Waals surface area (Å²) in [6.07, 6.45) is 4.09. The third-order valence-electron chi connectivity index (χ3n) is 5.37. The van der Waals surface area contributed by atoms with Gasteiger partial charge in [-0.3, -0.25) is 4.79 Å². The van der Waals surface area contributed by atoms with E-state index in [0.29, 0.717) is 11.7 Å². The minimum atomic E-state index is -0.196. The number of benzene rings is 3. The summed E-state index contributed by atoms with van der Waals surface area (Å²) in [7, 11) is 0. The molecule has 0 spiro atoms. The van der Waals surface area contributed by atoms with Crippen LogP contribution >= 0.6 is 11.6 Å². The molecule has 0 aliphatic heterocycles. The zero-order valence-electron chi connectivity index (χ0n) is 17.6. The van der Waals surface area contributed by atoms with Gasteiger partial charge in [0.25, 0.3) is 0 Å². The van der Waals surface area contributed by atoms with Gasteiger partial charge in [0.05, 0.1) is 12.2 Å². The van der Waals surface area contributed by atoms with Crippen LogP contribution in [0.1, 0.15) is 29.3 Å². The number of hydrogen-bond donors (Lipinski definition) is 1. The van der Waals surface area contributed by atoms with Crippen molar-refractivity contribution in [1.82, 2.24) is 9.78 Å². The fourth-order valence-electron chi connectivity index (χ4n) is 3.74. The Morgan fingerprint density at radius 2 is 1.74 bits per heavy atom. The SMILES string of the molecule is CCc1ccccc1NC(=O)/C=C/c1c(C)nn(Cc2cccc3ccccc23)c1Cl. The zero-order valence-corrected chi connectivity index (χ0v) is 18.4. The second kappa shape index (κ2) is 9.19. The largest absolute Gasteiger partial charge is 0.322 e. The van der Waals surface area contributed by atoms with Crippen molar-refractivity contribution in [3.8, 4) is 0 Å². The van der Waals surface area contributed by atoms with E-state index in [0.717, 1.165) is 34.5 Å². The standard InChI is InChI=1S/C26H24ClN3O/c1-3-19-9-5-7-14-24(19)28-25(31)16-15-22-18(2)29-30(26(22)27)17-21-12-8-11-20-10-4-6-13-23(20)21/h4-16H,3,17H2,1-2H3,(H,28,31)/b16-15+. The van der Waals surface area contributed by atoms with E-state index in [-0.39, 0.29) is 5.91 Å². The number of nitrogens with zero attached hydrogens (tertiary/aromatic N) is 2. The van der Waals surface area contributed by atoms with E-state index in [4.69, 9.17) is 11.6 Å². The van der Waals surface area contributed by atoms with Gasteiger partial charge in [-0.1, -0.05) is 79.2 Å². The zero-order chi connectivity index (χ0) is 21.8. The molecule has 0 radical (unpaired) electrons. The molecule has 1 heterocycles. The Bertz CT molecular complexity index is 1270. The van der Waals surface area contributed by atoms with Gasteiger partial charge in [0, 0.05) is 17.3 Å². The molecule has 1 N–H and O–H groups in total. The average molecular weight is 430 g/mol. The van der Waals surface area contributed by atoms with Gasteiger partial charge >= 0.3 is 0 Å². The number of amides is 1. The van der Waals surface area contributed by atoms with E-state index in [1.807, 2.05) is 49.4 Å². The Morgan fingerprint density at radius 1 is 1.03 bits per heavy atom. The summed E-state index contributed by atoms with van der Waals surface area (Å²) >= 11 is 6.64. The minimum absolute atomic E-state index is 0.196. The lowest BCUT2D eigenvalue weighted by molar-refractivity contribution is -0.111. The van der Waals surface area contributed by atoms with E-state index >= 15 is 0 Å². The van der Waals surface area contributed by atoms with Crippen molar-refractivity contribution < 1.29 is 4.79 Å². The van der Waals surface area contributed by atoms with Crippen LogP contribution in [-0.4, -0.2) is 15.7 Å². The van der Waals surface area contributed by atoms with Crippen molar-refractivity contribution in [3.63, 3.8) is 0 Å². The van der Waals surface area contributed by atoms with Crippen molar-refractivity contribution in [1.29, 1.82) is 0 Å². The van der Waals surface area contributed by atoms with Crippen LogP contribution in [0.25, 0.3) is 16.8 Å². The lowest BCUT2D eigenvalue weighted by Crippen LogP contribution is -2.09. The normalized spacial score (nSPS) is 11.3. The molecule has 31 heavy (non-hydrogen) atoms. The maximum absolute atomic E-state index is 12.5. The van der Waals surface area contributed by atoms with Crippen molar-refractivity contribution in [3.05, 3.63) is 100 Å². The lowest BCUT2D eigenvalue weighted by atomic mass is 10.0. The van der Waals surface area contributed by atoms with E-state index < -0.39 is 0 Å². The van der Waals surface area contributed by atoms with Gasteiger partial charge in [-0.15, -0.1) is 0 Å². The van der Waals surface area contributed by atoms with Crippen molar-refractivity contribution >= 4 is 40.0 Å². The van der Waals surface area contributed by atoms with Gasteiger partial charge in [0.15, 0.2) is 0 Å². The van der Waals surface area contributed by atoms with Crippen LogP contribution in [0.2, 0.25) is 5.15 Å². The number of carbonyl (C=O) groups is 1. The molecule has 0 saturated carbocycles. The summed E-state index contributed by atoms with van der Waals surface area (Å²) in [5.74, 6) is -0.196. The van der Waals surface area contributed by atoms with Gasteiger partial charge in [-0.05, 0) is 47.4 Å². The molecule has 4 aromatic rings. The predicted octanol–water partition coefficient (Wildman–Crippen LogP) is 6.26. The summed E-state index contributed by atoms with van der Waals surface area (Å²) < 4.78 is 1.78. The first-order chi connectivity index (χ1) is 15.1. The van der Waals surface area contributed by atoms with Crippen LogP contribution in [0.4, 0.5) is 5.69 Å². The highest BCUT2D eigenvalue weighted by molar-refractivity contribution is 6.31. The number of rotatable bonds is 6. The first-order valence-electron chi connectivity index (χ1n) is 10.3. The van der Waals surface area contributed by atoms with E-state index in [1.54, 1.807) is 10.8 Å². The first kappa shape index (κ1) is 20.9. The summed E-state index contributed by atoms with van der Waals surface area (Å²) in [6, 6.07) is 22.3. The maximum atomic E-state index is 12.5. The molecule has 1 aromatic heterocycles. The smallest absolute Gasteiger partial charge is 0.248 e. The van der Waals surface area contributed by atoms with E-state index in [2.05, 4.69) is 41.6 Å². The van der Waals surface area contributed by atoms with Crippen molar-refractivity contribution in [2.45, 2.75) is 26.8 Å². The van der Waals surface area contributed by atoms with E-state index in [1.165, 1.54) is 16.8 Å². The molecule has 0 aliphatic rings. The van der Waals surface area contributed by atoms with Crippen LogP contribution in [0, 0.1) is 6.92 Å². The average Bonchev–Trinajstić information content (AvgIpc) is 3.05. The molecular weight excluding hydrogens is 406 g/mol. The molecule has 156 valence electrons. The van der Waals surface area contributed by atoms with Crippen molar-refractivity contribution in [2.75, 3.05) is 5.32 Å². The Balaban J connectivity index is 1.55. The number of anilines is 1. The third-order valence-corrected chi connectivity index (χ3v) is 5.77. The molecule has 0 aliphatic carbocycles. The first-order valence-corrected chi connectivity index (χ1v) is 10.7. The van der Waals surface area contributed by atoms with Gasteiger partial charge in [-0.25, -0.2) is 4.68 Å².